The number of likely N-dealkylation sites (tertiary alicyclic amines) is 1. The van der Waals surface area contributed by atoms with E-state index in [2.05, 4.69) is 0 Å². The first-order chi connectivity index (χ1) is 16.4. The van der Waals surface area contributed by atoms with E-state index in [1.54, 1.807) is 12.1 Å². The average molecular weight is 482 g/mol. The maximum Gasteiger partial charge on any atom is 0.337 e. The van der Waals surface area contributed by atoms with Crippen LogP contribution >= 0.6 is 11.6 Å². The fourth-order valence-electron chi connectivity index (χ4n) is 5.38. The standard InChI is InChI=1S/C28H32ClNO4/c1-34-27(33)21-6-4-20(5-7-21)16-19-30-24(13-15-26(30)32)12-14-25(31)28(17-2-3-18-28)22-8-10-23(29)11-9-22/h4-12,14,24-25,31H,2-3,13,15-19H2,1H3. The van der Waals surface area contributed by atoms with Crippen LogP contribution < -0.4 is 0 Å². The molecule has 1 saturated heterocycles. The van der Waals surface area contributed by atoms with Crippen molar-refractivity contribution in [1.29, 1.82) is 0 Å². The molecule has 0 radical (unpaired) electrons. The van der Waals surface area contributed by atoms with E-state index in [0.717, 1.165) is 43.2 Å². The van der Waals surface area contributed by atoms with Gasteiger partial charge in [-0.3, -0.25) is 4.79 Å². The van der Waals surface area contributed by atoms with Crippen LogP contribution in [0, 0.1) is 0 Å². The number of benzene rings is 2. The molecule has 5 nitrogen and oxygen atoms in total. The number of aliphatic hydroxyl groups excluding tert-OH is 1. The topological polar surface area (TPSA) is 66.8 Å². The van der Waals surface area contributed by atoms with E-state index in [0.29, 0.717) is 30.0 Å². The van der Waals surface area contributed by atoms with E-state index in [1.807, 2.05) is 53.5 Å². The highest BCUT2D eigenvalue weighted by atomic mass is 35.5. The van der Waals surface area contributed by atoms with Gasteiger partial charge in [0, 0.05) is 23.4 Å². The molecule has 2 aromatic rings. The summed E-state index contributed by atoms with van der Waals surface area (Å²) in [6.07, 6.45) is 9.37. The summed E-state index contributed by atoms with van der Waals surface area (Å²) < 4.78 is 4.74. The van der Waals surface area contributed by atoms with Crippen LogP contribution in [0.25, 0.3) is 0 Å². The lowest BCUT2D eigenvalue weighted by Gasteiger charge is -2.34. The molecule has 1 heterocycles. The van der Waals surface area contributed by atoms with Gasteiger partial charge in [0.15, 0.2) is 0 Å². The number of nitrogens with zero attached hydrogens (tertiary/aromatic N) is 1. The monoisotopic (exact) mass is 481 g/mol. The summed E-state index contributed by atoms with van der Waals surface area (Å²) in [5, 5.41) is 12.0. The Morgan fingerprint density at radius 3 is 2.50 bits per heavy atom. The Bertz CT molecular complexity index is 1030. The fraction of sp³-hybridized carbons (Fsp3) is 0.429. The van der Waals surface area contributed by atoms with E-state index in [4.69, 9.17) is 16.3 Å². The second-order valence-electron chi connectivity index (χ2n) is 9.33. The number of amides is 1. The van der Waals surface area contributed by atoms with Gasteiger partial charge in [0.25, 0.3) is 0 Å². The van der Waals surface area contributed by atoms with Crippen LogP contribution in [0.1, 0.15) is 60.0 Å². The van der Waals surface area contributed by atoms with Crippen LogP contribution in [0.4, 0.5) is 0 Å². The molecule has 0 spiro atoms. The predicted molar refractivity (Wildman–Crippen MR) is 133 cm³/mol. The highest BCUT2D eigenvalue weighted by Crippen LogP contribution is 2.44. The van der Waals surface area contributed by atoms with Gasteiger partial charge >= 0.3 is 5.97 Å². The fourth-order valence-corrected chi connectivity index (χ4v) is 5.51. The van der Waals surface area contributed by atoms with E-state index >= 15 is 0 Å². The number of esters is 1. The normalized spacial score (nSPS) is 20.7. The number of rotatable bonds is 8. The summed E-state index contributed by atoms with van der Waals surface area (Å²) in [6.45, 7) is 0.601. The Hall–Kier alpha value is -2.63. The Morgan fingerprint density at radius 2 is 1.85 bits per heavy atom. The molecular weight excluding hydrogens is 450 g/mol. The molecule has 4 rings (SSSR count). The van der Waals surface area contributed by atoms with Crippen molar-refractivity contribution in [3.63, 3.8) is 0 Å². The second kappa shape index (κ2) is 10.7. The number of hydrogen-bond donors (Lipinski definition) is 1. The molecule has 1 aliphatic carbocycles. The zero-order chi connectivity index (χ0) is 24.1. The van der Waals surface area contributed by atoms with Crippen molar-refractivity contribution >= 4 is 23.5 Å². The maximum atomic E-state index is 12.6. The van der Waals surface area contributed by atoms with Gasteiger partial charge in [0.2, 0.25) is 5.91 Å². The summed E-state index contributed by atoms with van der Waals surface area (Å²) in [4.78, 5) is 26.1. The van der Waals surface area contributed by atoms with Gasteiger partial charge in [-0.05, 0) is 61.1 Å². The first-order valence-corrected chi connectivity index (χ1v) is 12.4. The van der Waals surface area contributed by atoms with Crippen molar-refractivity contribution in [1.82, 2.24) is 4.90 Å². The minimum absolute atomic E-state index is 0.0137. The summed E-state index contributed by atoms with van der Waals surface area (Å²) >= 11 is 6.09. The van der Waals surface area contributed by atoms with Gasteiger partial charge in [0.05, 0.1) is 24.8 Å². The quantitative estimate of drug-likeness (QED) is 0.421. The Kier molecular flexibility index (Phi) is 7.74. The van der Waals surface area contributed by atoms with Crippen LogP contribution in [0.3, 0.4) is 0 Å². The first kappa shape index (κ1) is 24.5. The van der Waals surface area contributed by atoms with E-state index in [-0.39, 0.29) is 23.3 Å². The van der Waals surface area contributed by atoms with E-state index in [9.17, 15) is 14.7 Å². The second-order valence-corrected chi connectivity index (χ2v) is 9.77. The van der Waals surface area contributed by atoms with Crippen molar-refractivity contribution < 1.29 is 19.4 Å². The summed E-state index contributed by atoms with van der Waals surface area (Å²) in [5.41, 5.74) is 2.40. The molecule has 1 N–H and O–H groups in total. The molecule has 2 aliphatic rings. The molecule has 0 aromatic heterocycles. The Morgan fingerprint density at radius 1 is 1.18 bits per heavy atom. The summed E-state index contributed by atoms with van der Waals surface area (Å²) in [6, 6.07) is 15.1. The first-order valence-electron chi connectivity index (χ1n) is 12.0. The SMILES string of the molecule is COC(=O)c1ccc(CCN2C(=O)CCC2C=CC(O)C2(c3ccc(Cl)cc3)CCCC2)cc1. The highest BCUT2D eigenvalue weighted by Gasteiger charge is 2.41. The van der Waals surface area contributed by atoms with Crippen molar-refractivity contribution in [3.05, 3.63) is 82.4 Å². The van der Waals surface area contributed by atoms with Crippen molar-refractivity contribution in [2.45, 2.75) is 62.5 Å². The highest BCUT2D eigenvalue weighted by molar-refractivity contribution is 6.30. The van der Waals surface area contributed by atoms with Crippen molar-refractivity contribution in [3.8, 4) is 0 Å². The molecule has 2 fully saturated rings. The Balaban J connectivity index is 1.42. The largest absolute Gasteiger partial charge is 0.465 e. The van der Waals surface area contributed by atoms with Crippen LogP contribution in [0.2, 0.25) is 5.02 Å². The van der Waals surface area contributed by atoms with Crippen molar-refractivity contribution in [2.75, 3.05) is 13.7 Å². The van der Waals surface area contributed by atoms with Crippen LogP contribution in [-0.4, -0.2) is 47.7 Å². The maximum absolute atomic E-state index is 12.6. The number of ether oxygens (including phenoxy) is 1. The van der Waals surface area contributed by atoms with Gasteiger partial charge in [-0.2, -0.15) is 0 Å². The molecule has 1 amide bonds. The molecule has 180 valence electrons. The third-order valence-electron chi connectivity index (χ3n) is 7.39. The smallest absolute Gasteiger partial charge is 0.337 e. The van der Waals surface area contributed by atoms with Crippen LogP contribution in [0.15, 0.2) is 60.7 Å². The lowest BCUT2D eigenvalue weighted by atomic mass is 9.74. The third-order valence-corrected chi connectivity index (χ3v) is 7.64. The molecule has 1 saturated carbocycles. The zero-order valence-electron chi connectivity index (χ0n) is 19.6. The van der Waals surface area contributed by atoms with Crippen molar-refractivity contribution in [2.24, 2.45) is 0 Å². The average Bonchev–Trinajstić information content (AvgIpc) is 3.49. The number of aliphatic hydroxyl groups is 1. The Labute approximate surface area is 206 Å². The lowest BCUT2D eigenvalue weighted by molar-refractivity contribution is -0.128. The minimum atomic E-state index is -0.611. The number of carbonyl (C=O) groups excluding carboxylic acids is 2. The molecule has 0 bridgehead atoms. The number of hydrogen-bond acceptors (Lipinski definition) is 4. The third kappa shape index (κ3) is 5.21. The molecular formula is C28H32ClNO4. The van der Waals surface area contributed by atoms with Gasteiger partial charge in [-0.1, -0.05) is 60.9 Å². The molecule has 34 heavy (non-hydrogen) atoms. The van der Waals surface area contributed by atoms with Gasteiger partial charge < -0.3 is 14.7 Å². The molecule has 2 atom stereocenters. The molecule has 1 aliphatic heterocycles. The van der Waals surface area contributed by atoms with Gasteiger partial charge in [-0.15, -0.1) is 0 Å². The molecule has 2 unspecified atom stereocenters. The zero-order valence-corrected chi connectivity index (χ0v) is 20.3. The van der Waals surface area contributed by atoms with Gasteiger partial charge in [0.1, 0.15) is 0 Å². The van der Waals surface area contributed by atoms with E-state index in [1.165, 1.54) is 7.11 Å². The number of methoxy groups -OCH3 is 1. The predicted octanol–water partition coefficient (Wildman–Crippen LogP) is 5.09. The summed E-state index contributed by atoms with van der Waals surface area (Å²) in [7, 11) is 1.36. The molecule has 6 heteroatoms. The summed E-state index contributed by atoms with van der Waals surface area (Å²) in [5.74, 6) is -0.215. The van der Waals surface area contributed by atoms with E-state index < -0.39 is 6.10 Å². The molecule has 2 aromatic carbocycles. The van der Waals surface area contributed by atoms with Gasteiger partial charge in [-0.25, -0.2) is 4.79 Å². The number of halogens is 1. The number of carbonyl (C=O) groups is 2. The van der Waals surface area contributed by atoms with Crippen LogP contribution in [0.5, 0.6) is 0 Å². The van der Waals surface area contributed by atoms with Crippen LogP contribution in [-0.2, 0) is 21.4 Å². The lowest BCUT2D eigenvalue weighted by Crippen LogP contribution is -2.37. The minimum Gasteiger partial charge on any atom is -0.465 e.